The molecule has 1 aromatic carbocycles. The fourth-order valence-electron chi connectivity index (χ4n) is 1.48. The molecular weight excluding hydrogens is 202 g/mol. The SMILES string of the molecule is CCc1ccc(-c2nc(C)c(C)s2)cc1. The molecule has 0 aliphatic carbocycles. The second-order valence-electron chi connectivity index (χ2n) is 3.71. The van der Waals surface area contributed by atoms with Crippen LogP contribution in [-0.2, 0) is 6.42 Å². The van der Waals surface area contributed by atoms with Crippen LogP contribution in [0, 0.1) is 13.8 Å². The van der Waals surface area contributed by atoms with Crippen molar-refractivity contribution in [3.05, 3.63) is 40.4 Å². The lowest BCUT2D eigenvalue weighted by atomic mass is 10.1. The quantitative estimate of drug-likeness (QED) is 0.741. The highest BCUT2D eigenvalue weighted by Crippen LogP contribution is 2.27. The molecule has 0 fully saturated rings. The standard InChI is InChI=1S/C13H15NS/c1-4-11-5-7-12(8-6-11)13-14-9(2)10(3)15-13/h5-8H,4H2,1-3H3. The van der Waals surface area contributed by atoms with E-state index in [0.29, 0.717) is 0 Å². The van der Waals surface area contributed by atoms with Crippen molar-refractivity contribution < 1.29 is 0 Å². The highest BCUT2D eigenvalue weighted by molar-refractivity contribution is 7.15. The van der Waals surface area contributed by atoms with Crippen LogP contribution in [0.3, 0.4) is 0 Å². The molecule has 0 amide bonds. The molecule has 0 saturated heterocycles. The third kappa shape index (κ3) is 2.10. The summed E-state index contributed by atoms with van der Waals surface area (Å²) in [5, 5.41) is 1.13. The number of aromatic nitrogens is 1. The van der Waals surface area contributed by atoms with Gasteiger partial charge in [-0.25, -0.2) is 4.98 Å². The van der Waals surface area contributed by atoms with E-state index in [1.807, 2.05) is 0 Å². The largest absolute Gasteiger partial charge is 0.241 e. The zero-order valence-electron chi connectivity index (χ0n) is 9.37. The van der Waals surface area contributed by atoms with Gasteiger partial charge in [0.05, 0.1) is 5.69 Å². The lowest BCUT2D eigenvalue weighted by Crippen LogP contribution is -1.81. The molecule has 0 saturated carbocycles. The number of benzene rings is 1. The number of hydrogen-bond donors (Lipinski definition) is 0. The first-order chi connectivity index (χ1) is 7.20. The van der Waals surface area contributed by atoms with Crippen LogP contribution >= 0.6 is 11.3 Å². The first-order valence-electron chi connectivity index (χ1n) is 5.24. The van der Waals surface area contributed by atoms with Gasteiger partial charge in [-0.1, -0.05) is 31.2 Å². The molecule has 1 nitrogen and oxygen atoms in total. The van der Waals surface area contributed by atoms with E-state index in [0.717, 1.165) is 17.1 Å². The van der Waals surface area contributed by atoms with E-state index in [1.54, 1.807) is 11.3 Å². The summed E-state index contributed by atoms with van der Waals surface area (Å²) >= 11 is 1.77. The van der Waals surface area contributed by atoms with Crippen LogP contribution in [-0.4, -0.2) is 4.98 Å². The van der Waals surface area contributed by atoms with Gasteiger partial charge >= 0.3 is 0 Å². The molecule has 0 N–H and O–H groups in total. The molecule has 0 unspecified atom stereocenters. The summed E-state index contributed by atoms with van der Waals surface area (Å²) in [7, 11) is 0. The fraction of sp³-hybridized carbons (Fsp3) is 0.308. The number of aryl methyl sites for hydroxylation is 3. The number of rotatable bonds is 2. The van der Waals surface area contributed by atoms with Crippen LogP contribution in [0.1, 0.15) is 23.1 Å². The summed E-state index contributed by atoms with van der Waals surface area (Å²) in [6.45, 7) is 6.36. The van der Waals surface area contributed by atoms with Gasteiger partial charge in [-0.2, -0.15) is 0 Å². The maximum atomic E-state index is 4.55. The molecule has 0 spiro atoms. The minimum absolute atomic E-state index is 1.09. The normalized spacial score (nSPS) is 10.6. The first kappa shape index (κ1) is 10.4. The van der Waals surface area contributed by atoms with E-state index < -0.39 is 0 Å². The van der Waals surface area contributed by atoms with Crippen molar-refractivity contribution in [1.29, 1.82) is 0 Å². The molecule has 15 heavy (non-hydrogen) atoms. The molecule has 0 aliphatic heterocycles. The Bertz CT molecular complexity index is 434. The van der Waals surface area contributed by atoms with Crippen LogP contribution in [0.2, 0.25) is 0 Å². The number of hydrogen-bond acceptors (Lipinski definition) is 2. The Hall–Kier alpha value is -1.15. The van der Waals surface area contributed by atoms with Gasteiger partial charge in [0, 0.05) is 10.4 Å². The summed E-state index contributed by atoms with van der Waals surface area (Å²) < 4.78 is 0. The van der Waals surface area contributed by atoms with Crippen LogP contribution < -0.4 is 0 Å². The van der Waals surface area contributed by atoms with E-state index >= 15 is 0 Å². The Morgan fingerprint density at radius 2 is 1.80 bits per heavy atom. The van der Waals surface area contributed by atoms with Crippen molar-refractivity contribution in [2.75, 3.05) is 0 Å². The molecule has 0 radical (unpaired) electrons. The van der Waals surface area contributed by atoms with Gasteiger partial charge in [0.15, 0.2) is 0 Å². The predicted molar refractivity (Wildman–Crippen MR) is 66.4 cm³/mol. The average molecular weight is 217 g/mol. The molecule has 2 heteroatoms. The second-order valence-corrected chi connectivity index (χ2v) is 4.91. The maximum absolute atomic E-state index is 4.55. The van der Waals surface area contributed by atoms with Crippen molar-refractivity contribution in [2.24, 2.45) is 0 Å². The fourth-order valence-corrected chi connectivity index (χ4v) is 2.40. The van der Waals surface area contributed by atoms with Crippen LogP contribution in [0.25, 0.3) is 10.6 Å². The molecular formula is C13H15NS. The van der Waals surface area contributed by atoms with Crippen LogP contribution in [0.5, 0.6) is 0 Å². The predicted octanol–water partition coefficient (Wildman–Crippen LogP) is 3.99. The summed E-state index contributed by atoms with van der Waals surface area (Å²) in [6, 6.07) is 8.69. The minimum Gasteiger partial charge on any atom is -0.241 e. The van der Waals surface area contributed by atoms with Crippen molar-refractivity contribution in [1.82, 2.24) is 4.98 Å². The van der Waals surface area contributed by atoms with Gasteiger partial charge in [0.25, 0.3) is 0 Å². The zero-order valence-corrected chi connectivity index (χ0v) is 10.2. The van der Waals surface area contributed by atoms with Crippen LogP contribution in [0.4, 0.5) is 0 Å². The Morgan fingerprint density at radius 3 is 2.27 bits per heavy atom. The highest BCUT2D eigenvalue weighted by atomic mass is 32.1. The molecule has 0 atom stereocenters. The average Bonchev–Trinajstić information content (AvgIpc) is 2.59. The van der Waals surface area contributed by atoms with Gasteiger partial charge in [-0.15, -0.1) is 11.3 Å². The number of nitrogens with zero attached hydrogens (tertiary/aromatic N) is 1. The summed E-state index contributed by atoms with van der Waals surface area (Å²) in [5.41, 5.74) is 3.76. The molecule has 1 aromatic heterocycles. The van der Waals surface area contributed by atoms with E-state index in [9.17, 15) is 0 Å². The summed E-state index contributed by atoms with van der Waals surface area (Å²) in [4.78, 5) is 5.86. The monoisotopic (exact) mass is 217 g/mol. The van der Waals surface area contributed by atoms with E-state index in [1.165, 1.54) is 16.0 Å². The summed E-state index contributed by atoms with van der Waals surface area (Å²) in [5.74, 6) is 0. The topological polar surface area (TPSA) is 12.9 Å². The van der Waals surface area contributed by atoms with Gasteiger partial charge < -0.3 is 0 Å². The lowest BCUT2D eigenvalue weighted by Gasteiger charge is -1.98. The Labute approximate surface area is 94.8 Å². The van der Waals surface area contributed by atoms with Gasteiger partial charge in [-0.05, 0) is 25.8 Å². The number of thiazole rings is 1. The Balaban J connectivity index is 2.37. The van der Waals surface area contributed by atoms with Crippen molar-refractivity contribution in [2.45, 2.75) is 27.2 Å². The molecule has 0 aliphatic rings. The third-order valence-electron chi connectivity index (χ3n) is 2.64. The van der Waals surface area contributed by atoms with Crippen LogP contribution in [0.15, 0.2) is 24.3 Å². The zero-order chi connectivity index (χ0) is 10.8. The van der Waals surface area contributed by atoms with Gasteiger partial charge in [-0.3, -0.25) is 0 Å². The van der Waals surface area contributed by atoms with Crippen molar-refractivity contribution >= 4 is 11.3 Å². The van der Waals surface area contributed by atoms with Gasteiger partial charge in [0.1, 0.15) is 5.01 Å². The third-order valence-corrected chi connectivity index (χ3v) is 3.76. The second kappa shape index (κ2) is 4.15. The molecule has 2 rings (SSSR count). The van der Waals surface area contributed by atoms with Crippen molar-refractivity contribution in [3.63, 3.8) is 0 Å². The Kier molecular flexibility index (Phi) is 2.87. The maximum Gasteiger partial charge on any atom is 0.123 e. The van der Waals surface area contributed by atoms with E-state index in [2.05, 4.69) is 50.0 Å². The smallest absolute Gasteiger partial charge is 0.123 e. The highest BCUT2D eigenvalue weighted by Gasteiger charge is 2.05. The molecule has 2 aromatic rings. The lowest BCUT2D eigenvalue weighted by molar-refractivity contribution is 1.14. The molecule has 78 valence electrons. The Morgan fingerprint density at radius 1 is 1.13 bits per heavy atom. The van der Waals surface area contributed by atoms with Gasteiger partial charge in [0.2, 0.25) is 0 Å². The molecule has 0 bridgehead atoms. The van der Waals surface area contributed by atoms with E-state index in [4.69, 9.17) is 0 Å². The summed E-state index contributed by atoms with van der Waals surface area (Å²) in [6.07, 6.45) is 1.09. The first-order valence-corrected chi connectivity index (χ1v) is 6.05. The minimum atomic E-state index is 1.09. The van der Waals surface area contributed by atoms with Crippen molar-refractivity contribution in [3.8, 4) is 10.6 Å². The molecule has 1 heterocycles. The van der Waals surface area contributed by atoms with E-state index in [-0.39, 0.29) is 0 Å².